The molecule has 2 nitrogen and oxygen atoms in total. The Morgan fingerprint density at radius 1 is 0.947 bits per heavy atom. The van der Waals surface area contributed by atoms with E-state index in [1.165, 1.54) is 0 Å². The first-order valence-electron chi connectivity index (χ1n) is 6.21. The minimum absolute atomic E-state index is 0.673. The molecule has 0 aromatic heterocycles. The molecule has 3 heteroatoms. The monoisotopic (exact) mass is 272 g/mol. The molecular weight excluding hydrogens is 255 g/mol. The zero-order valence-electron chi connectivity index (χ0n) is 10.8. The SMILES string of the molecule is CC=CC(O)P(=O)(c1ccccc1)c1ccccc1. The molecular formula is C16H17O2P. The van der Waals surface area contributed by atoms with Crippen LogP contribution in [-0.4, -0.2) is 11.0 Å². The highest BCUT2D eigenvalue weighted by Gasteiger charge is 2.33. The highest BCUT2D eigenvalue weighted by molar-refractivity contribution is 7.79. The average Bonchev–Trinajstić information content (AvgIpc) is 2.48. The van der Waals surface area contributed by atoms with E-state index in [9.17, 15) is 9.67 Å². The second-order valence-corrected chi connectivity index (χ2v) is 7.15. The molecule has 0 heterocycles. The topological polar surface area (TPSA) is 37.3 Å². The third-order valence-corrected chi connectivity index (χ3v) is 6.06. The molecule has 1 N–H and O–H groups in total. The van der Waals surface area contributed by atoms with E-state index in [1.807, 2.05) is 43.3 Å². The summed E-state index contributed by atoms with van der Waals surface area (Å²) < 4.78 is 13.4. The lowest BCUT2D eigenvalue weighted by Gasteiger charge is -2.22. The number of hydrogen-bond donors (Lipinski definition) is 1. The van der Waals surface area contributed by atoms with Crippen molar-refractivity contribution in [3.8, 4) is 0 Å². The third kappa shape index (κ3) is 2.70. The Morgan fingerprint density at radius 3 is 1.74 bits per heavy atom. The predicted octanol–water partition coefficient (Wildman–Crippen LogP) is 2.90. The van der Waals surface area contributed by atoms with Crippen molar-refractivity contribution in [3.05, 3.63) is 72.8 Å². The average molecular weight is 272 g/mol. The molecule has 0 spiro atoms. The second kappa shape index (κ2) is 6.01. The van der Waals surface area contributed by atoms with Crippen LogP contribution in [0.4, 0.5) is 0 Å². The van der Waals surface area contributed by atoms with E-state index in [0.29, 0.717) is 10.6 Å². The molecule has 1 unspecified atom stereocenters. The molecule has 1 atom stereocenters. The van der Waals surface area contributed by atoms with Gasteiger partial charge in [0, 0.05) is 10.6 Å². The maximum Gasteiger partial charge on any atom is 0.174 e. The molecule has 0 fully saturated rings. The van der Waals surface area contributed by atoms with Crippen LogP contribution in [0.15, 0.2) is 72.8 Å². The van der Waals surface area contributed by atoms with Gasteiger partial charge in [-0.25, -0.2) is 0 Å². The molecule has 98 valence electrons. The fourth-order valence-corrected chi connectivity index (χ4v) is 4.60. The van der Waals surface area contributed by atoms with Crippen molar-refractivity contribution in [1.29, 1.82) is 0 Å². The zero-order chi connectivity index (χ0) is 13.7. The number of benzene rings is 2. The van der Waals surface area contributed by atoms with Crippen molar-refractivity contribution in [1.82, 2.24) is 0 Å². The summed E-state index contributed by atoms with van der Waals surface area (Å²) in [5.74, 6) is -0.998. The van der Waals surface area contributed by atoms with Crippen molar-refractivity contribution >= 4 is 17.8 Å². The van der Waals surface area contributed by atoms with Gasteiger partial charge in [0.05, 0.1) is 0 Å². The van der Waals surface area contributed by atoms with E-state index in [2.05, 4.69) is 0 Å². The Kier molecular flexibility index (Phi) is 4.36. The summed E-state index contributed by atoms with van der Waals surface area (Å²) in [7, 11) is -3.06. The van der Waals surface area contributed by atoms with Crippen LogP contribution in [0.25, 0.3) is 0 Å². The summed E-state index contributed by atoms with van der Waals surface area (Å²) >= 11 is 0. The lowest BCUT2D eigenvalue weighted by Crippen LogP contribution is -2.24. The Labute approximate surface area is 113 Å². The maximum atomic E-state index is 13.4. The Morgan fingerprint density at radius 2 is 1.37 bits per heavy atom. The van der Waals surface area contributed by atoms with Gasteiger partial charge in [0.25, 0.3) is 0 Å². The summed E-state index contributed by atoms with van der Waals surface area (Å²) in [5.41, 5.74) is 0. The molecule has 0 aliphatic rings. The number of allylic oxidation sites excluding steroid dienone is 1. The van der Waals surface area contributed by atoms with Gasteiger partial charge in [-0.15, -0.1) is 0 Å². The second-order valence-electron chi connectivity index (χ2n) is 4.27. The van der Waals surface area contributed by atoms with Gasteiger partial charge in [-0.1, -0.05) is 72.8 Å². The molecule has 2 aromatic rings. The molecule has 2 rings (SSSR count). The van der Waals surface area contributed by atoms with Crippen LogP contribution in [-0.2, 0) is 4.57 Å². The summed E-state index contributed by atoms with van der Waals surface area (Å²) in [6.45, 7) is 1.81. The lowest BCUT2D eigenvalue weighted by molar-refractivity contribution is 0.296. The van der Waals surface area contributed by atoms with Crippen LogP contribution in [0.5, 0.6) is 0 Å². The van der Waals surface area contributed by atoms with Crippen LogP contribution in [0.2, 0.25) is 0 Å². The van der Waals surface area contributed by atoms with E-state index < -0.39 is 13.0 Å². The molecule has 0 radical (unpaired) electrons. The maximum absolute atomic E-state index is 13.4. The summed E-state index contributed by atoms with van der Waals surface area (Å²) in [6.07, 6.45) is 3.31. The van der Waals surface area contributed by atoms with Gasteiger partial charge in [-0.3, -0.25) is 0 Å². The minimum Gasteiger partial charge on any atom is -0.381 e. The largest absolute Gasteiger partial charge is 0.381 e. The normalized spacial score (nSPS) is 13.6. The van der Waals surface area contributed by atoms with Gasteiger partial charge in [0.15, 0.2) is 7.14 Å². The van der Waals surface area contributed by atoms with Gasteiger partial charge < -0.3 is 9.67 Å². The Balaban J connectivity index is 2.61. The smallest absolute Gasteiger partial charge is 0.174 e. The van der Waals surface area contributed by atoms with Crippen LogP contribution < -0.4 is 10.6 Å². The molecule has 0 bridgehead atoms. The Bertz CT molecular complexity index is 547. The van der Waals surface area contributed by atoms with Gasteiger partial charge in [0.2, 0.25) is 0 Å². The van der Waals surface area contributed by atoms with Crippen molar-refractivity contribution in [2.24, 2.45) is 0 Å². The molecule has 0 aliphatic carbocycles. The summed E-state index contributed by atoms with van der Waals surface area (Å²) in [4.78, 5) is 0. The Hall–Kier alpha value is -1.63. The van der Waals surface area contributed by atoms with Crippen molar-refractivity contribution in [2.45, 2.75) is 12.8 Å². The minimum atomic E-state index is -3.06. The van der Waals surface area contributed by atoms with E-state index in [-0.39, 0.29) is 0 Å². The van der Waals surface area contributed by atoms with Gasteiger partial charge in [-0.05, 0) is 6.92 Å². The fraction of sp³-hybridized carbons (Fsp3) is 0.125. The van der Waals surface area contributed by atoms with Crippen LogP contribution in [0, 0.1) is 0 Å². The summed E-state index contributed by atoms with van der Waals surface area (Å²) in [6, 6.07) is 18.3. The molecule has 2 aromatic carbocycles. The standard InChI is InChI=1S/C16H17O2P/c1-2-9-16(17)19(18,14-10-5-3-6-11-14)15-12-7-4-8-13-15/h2-13,16-17H,1H3. The van der Waals surface area contributed by atoms with E-state index >= 15 is 0 Å². The van der Waals surface area contributed by atoms with Gasteiger partial charge in [-0.2, -0.15) is 0 Å². The highest BCUT2D eigenvalue weighted by atomic mass is 31.2. The quantitative estimate of drug-likeness (QED) is 0.686. The van der Waals surface area contributed by atoms with Crippen molar-refractivity contribution in [3.63, 3.8) is 0 Å². The number of aliphatic hydroxyl groups excluding tert-OH is 1. The number of aliphatic hydroxyl groups is 1. The number of rotatable bonds is 4. The van der Waals surface area contributed by atoms with Crippen LogP contribution >= 0.6 is 7.14 Å². The highest BCUT2D eigenvalue weighted by Crippen LogP contribution is 2.47. The summed E-state index contributed by atoms with van der Waals surface area (Å²) in [5, 5.41) is 11.7. The predicted molar refractivity (Wildman–Crippen MR) is 80.6 cm³/mol. The zero-order valence-corrected chi connectivity index (χ0v) is 11.7. The number of hydrogen-bond acceptors (Lipinski definition) is 2. The molecule has 0 saturated carbocycles. The van der Waals surface area contributed by atoms with E-state index in [0.717, 1.165) is 0 Å². The molecule has 0 aliphatic heterocycles. The first-order chi connectivity index (χ1) is 9.19. The van der Waals surface area contributed by atoms with Crippen molar-refractivity contribution < 1.29 is 9.67 Å². The molecule has 19 heavy (non-hydrogen) atoms. The first kappa shape index (κ1) is 13.8. The fourth-order valence-electron chi connectivity index (χ4n) is 2.05. The molecule has 0 saturated heterocycles. The van der Waals surface area contributed by atoms with E-state index in [1.54, 1.807) is 36.4 Å². The van der Waals surface area contributed by atoms with Gasteiger partial charge >= 0.3 is 0 Å². The third-order valence-electron chi connectivity index (χ3n) is 3.02. The van der Waals surface area contributed by atoms with Crippen molar-refractivity contribution in [2.75, 3.05) is 0 Å². The lowest BCUT2D eigenvalue weighted by atomic mass is 10.4. The van der Waals surface area contributed by atoms with Gasteiger partial charge in [0.1, 0.15) is 5.85 Å². The first-order valence-corrected chi connectivity index (χ1v) is 7.99. The molecule has 0 amide bonds. The van der Waals surface area contributed by atoms with Crippen LogP contribution in [0.3, 0.4) is 0 Å². The van der Waals surface area contributed by atoms with E-state index in [4.69, 9.17) is 0 Å². The van der Waals surface area contributed by atoms with Crippen LogP contribution in [0.1, 0.15) is 6.92 Å².